The van der Waals surface area contributed by atoms with Gasteiger partial charge in [-0.3, -0.25) is 0 Å². The van der Waals surface area contributed by atoms with Crippen LogP contribution in [0.2, 0.25) is 0 Å². The Morgan fingerprint density at radius 1 is 1.27 bits per heavy atom. The highest BCUT2D eigenvalue weighted by atomic mass is 19.4. The van der Waals surface area contributed by atoms with Gasteiger partial charge < -0.3 is 15.2 Å². The van der Waals surface area contributed by atoms with Crippen LogP contribution in [0.5, 0.6) is 5.75 Å². The van der Waals surface area contributed by atoms with Gasteiger partial charge in [0.1, 0.15) is 11.4 Å². The Kier molecular flexibility index (Phi) is 4.81. The first-order valence-corrected chi connectivity index (χ1v) is 6.37. The lowest BCUT2D eigenvalue weighted by Crippen LogP contribution is -2.16. The number of hydrogen-bond donors (Lipinski definition) is 2. The summed E-state index contributed by atoms with van der Waals surface area (Å²) in [5.41, 5.74) is -0.527. The molecule has 0 spiro atoms. The molecule has 1 atom stereocenters. The zero-order chi connectivity index (χ0) is 16.2. The van der Waals surface area contributed by atoms with Crippen molar-refractivity contribution in [3.8, 4) is 5.75 Å². The highest BCUT2D eigenvalue weighted by molar-refractivity contribution is 5.36. The number of methoxy groups -OCH3 is 1. The molecule has 2 N–H and O–H groups in total. The monoisotopic (exact) mass is 313 g/mol. The average molecular weight is 313 g/mol. The molecule has 0 aliphatic heterocycles. The molecule has 0 aliphatic rings. The second-order valence-electron chi connectivity index (χ2n) is 4.40. The number of rotatable bonds is 5. The largest absolute Gasteiger partial charge is 0.496 e. The zero-order valence-corrected chi connectivity index (χ0v) is 11.6. The van der Waals surface area contributed by atoms with E-state index in [9.17, 15) is 18.3 Å². The van der Waals surface area contributed by atoms with E-state index < -0.39 is 18.0 Å². The van der Waals surface area contributed by atoms with E-state index in [2.05, 4.69) is 15.3 Å². The molecule has 8 heteroatoms. The molecule has 22 heavy (non-hydrogen) atoms. The van der Waals surface area contributed by atoms with Crippen LogP contribution in [0, 0.1) is 0 Å². The second kappa shape index (κ2) is 6.61. The zero-order valence-electron chi connectivity index (χ0n) is 11.6. The van der Waals surface area contributed by atoms with E-state index in [1.54, 1.807) is 24.3 Å². The van der Waals surface area contributed by atoms with Crippen LogP contribution < -0.4 is 10.1 Å². The van der Waals surface area contributed by atoms with Crippen LogP contribution in [-0.4, -0.2) is 28.7 Å². The van der Waals surface area contributed by atoms with Gasteiger partial charge in [0.2, 0.25) is 5.95 Å². The number of anilines is 1. The van der Waals surface area contributed by atoms with E-state index >= 15 is 0 Å². The predicted octanol–water partition coefficient (Wildman–Crippen LogP) is 2.65. The standard InChI is InChI=1S/C14H14F3N3O2/c1-22-11-5-3-2-4-9(11)10(21)8-19-13-18-7-6-12(20-13)14(15,16)17/h2-7,10,21H,8H2,1H3,(H,18,19,20)/t10-/m1/s1. The molecule has 5 nitrogen and oxygen atoms in total. The summed E-state index contributed by atoms with van der Waals surface area (Å²) in [5, 5.41) is 12.7. The molecular weight excluding hydrogens is 299 g/mol. The number of nitrogens with one attached hydrogen (secondary N) is 1. The maximum atomic E-state index is 12.5. The van der Waals surface area contributed by atoms with Gasteiger partial charge in [-0.25, -0.2) is 9.97 Å². The quantitative estimate of drug-likeness (QED) is 0.888. The van der Waals surface area contributed by atoms with Gasteiger partial charge in [0.05, 0.1) is 13.2 Å². The Morgan fingerprint density at radius 2 is 2.00 bits per heavy atom. The molecule has 0 unspecified atom stereocenters. The maximum Gasteiger partial charge on any atom is 0.433 e. The lowest BCUT2D eigenvalue weighted by molar-refractivity contribution is -0.141. The number of alkyl halides is 3. The first kappa shape index (κ1) is 16.0. The molecule has 1 aromatic carbocycles. The number of para-hydroxylation sites is 1. The number of ether oxygens (including phenoxy) is 1. The summed E-state index contributed by atoms with van der Waals surface area (Å²) in [4.78, 5) is 7.06. The lowest BCUT2D eigenvalue weighted by Gasteiger charge is -2.15. The summed E-state index contributed by atoms with van der Waals surface area (Å²) in [6.45, 7) is -0.0539. The van der Waals surface area contributed by atoms with Crippen LogP contribution in [0.25, 0.3) is 0 Å². The highest BCUT2D eigenvalue weighted by Crippen LogP contribution is 2.28. The minimum Gasteiger partial charge on any atom is -0.496 e. The molecule has 1 aromatic heterocycles. The molecule has 0 radical (unpaired) electrons. The van der Waals surface area contributed by atoms with Crippen molar-refractivity contribution in [2.45, 2.75) is 12.3 Å². The summed E-state index contributed by atoms with van der Waals surface area (Å²) in [5.74, 6) is 0.283. The van der Waals surface area contributed by atoms with Crippen molar-refractivity contribution >= 4 is 5.95 Å². The van der Waals surface area contributed by atoms with E-state index in [0.717, 1.165) is 12.3 Å². The number of aliphatic hydroxyl groups excluding tert-OH is 1. The lowest BCUT2D eigenvalue weighted by atomic mass is 10.1. The van der Waals surface area contributed by atoms with Gasteiger partial charge in [-0.2, -0.15) is 13.2 Å². The first-order chi connectivity index (χ1) is 10.4. The molecule has 0 saturated heterocycles. The Balaban J connectivity index is 2.07. The molecule has 1 heterocycles. The smallest absolute Gasteiger partial charge is 0.433 e. The number of benzene rings is 1. The summed E-state index contributed by atoms with van der Waals surface area (Å²) in [6.07, 6.45) is -4.51. The molecule has 0 fully saturated rings. The molecule has 118 valence electrons. The number of aliphatic hydroxyl groups is 1. The van der Waals surface area contributed by atoms with E-state index in [0.29, 0.717) is 11.3 Å². The van der Waals surface area contributed by atoms with Crippen molar-refractivity contribution in [1.29, 1.82) is 0 Å². The van der Waals surface area contributed by atoms with Gasteiger partial charge in [-0.05, 0) is 12.1 Å². The first-order valence-electron chi connectivity index (χ1n) is 6.37. The fraction of sp³-hybridized carbons (Fsp3) is 0.286. The van der Waals surface area contributed by atoms with Gasteiger partial charge in [0.15, 0.2) is 0 Å². The van der Waals surface area contributed by atoms with Crippen LogP contribution in [0.15, 0.2) is 36.5 Å². The SMILES string of the molecule is COc1ccccc1[C@H](O)CNc1nccc(C(F)(F)F)n1. The minimum absolute atomic E-state index is 0.0539. The van der Waals surface area contributed by atoms with E-state index in [4.69, 9.17) is 4.74 Å². The van der Waals surface area contributed by atoms with Crippen LogP contribution in [0.3, 0.4) is 0 Å². The molecule has 0 amide bonds. The number of hydrogen-bond acceptors (Lipinski definition) is 5. The maximum absolute atomic E-state index is 12.5. The molecule has 0 saturated carbocycles. The van der Waals surface area contributed by atoms with Crippen molar-refractivity contribution in [2.75, 3.05) is 19.0 Å². The van der Waals surface area contributed by atoms with Crippen molar-refractivity contribution in [2.24, 2.45) is 0 Å². The topological polar surface area (TPSA) is 67.3 Å². The third-order valence-corrected chi connectivity index (χ3v) is 2.90. The highest BCUT2D eigenvalue weighted by Gasteiger charge is 2.32. The van der Waals surface area contributed by atoms with Crippen LogP contribution >= 0.6 is 0 Å². The molecule has 2 rings (SSSR count). The van der Waals surface area contributed by atoms with E-state index in [-0.39, 0.29) is 12.5 Å². The van der Waals surface area contributed by atoms with E-state index in [1.165, 1.54) is 7.11 Å². The summed E-state index contributed by atoms with van der Waals surface area (Å²) < 4.78 is 42.8. The fourth-order valence-corrected chi connectivity index (χ4v) is 1.84. The normalized spacial score (nSPS) is 12.8. The van der Waals surface area contributed by atoms with Crippen LogP contribution in [0.1, 0.15) is 17.4 Å². The second-order valence-corrected chi connectivity index (χ2v) is 4.40. The van der Waals surface area contributed by atoms with Gasteiger partial charge in [-0.15, -0.1) is 0 Å². The predicted molar refractivity (Wildman–Crippen MR) is 73.5 cm³/mol. The Labute approximate surface area is 124 Å². The molecule has 2 aromatic rings. The number of nitrogens with zero attached hydrogens (tertiary/aromatic N) is 2. The third-order valence-electron chi connectivity index (χ3n) is 2.90. The van der Waals surface area contributed by atoms with Crippen LogP contribution in [-0.2, 0) is 6.18 Å². The minimum atomic E-state index is -4.54. The molecule has 0 aliphatic carbocycles. The van der Waals surface area contributed by atoms with Crippen molar-refractivity contribution in [3.63, 3.8) is 0 Å². The van der Waals surface area contributed by atoms with Crippen molar-refractivity contribution < 1.29 is 23.0 Å². The van der Waals surface area contributed by atoms with Crippen molar-refractivity contribution in [1.82, 2.24) is 9.97 Å². The van der Waals surface area contributed by atoms with Gasteiger partial charge in [0, 0.05) is 18.3 Å². The van der Waals surface area contributed by atoms with Crippen LogP contribution in [0.4, 0.5) is 19.1 Å². The molecule has 0 bridgehead atoms. The van der Waals surface area contributed by atoms with Gasteiger partial charge in [0.25, 0.3) is 0 Å². The summed E-state index contributed by atoms with van der Waals surface area (Å²) in [7, 11) is 1.47. The Hall–Kier alpha value is -2.35. The Morgan fingerprint density at radius 3 is 2.68 bits per heavy atom. The fourth-order valence-electron chi connectivity index (χ4n) is 1.84. The van der Waals surface area contributed by atoms with Crippen molar-refractivity contribution in [3.05, 3.63) is 47.8 Å². The van der Waals surface area contributed by atoms with Gasteiger partial charge in [-0.1, -0.05) is 18.2 Å². The molecular formula is C14H14F3N3O2. The average Bonchev–Trinajstić information content (AvgIpc) is 2.52. The number of aromatic nitrogens is 2. The van der Waals surface area contributed by atoms with E-state index in [1.807, 2.05) is 0 Å². The van der Waals surface area contributed by atoms with Gasteiger partial charge >= 0.3 is 6.18 Å². The summed E-state index contributed by atoms with van der Waals surface area (Å²) >= 11 is 0. The Bertz CT molecular complexity index is 635. The summed E-state index contributed by atoms with van der Waals surface area (Å²) in [6, 6.07) is 7.60. The number of halogens is 3. The third kappa shape index (κ3) is 3.85.